The first-order valence-corrected chi connectivity index (χ1v) is 8.10. The average Bonchev–Trinajstić information content (AvgIpc) is 2.62. The van der Waals surface area contributed by atoms with Crippen LogP contribution < -0.4 is 0 Å². The molecule has 0 unspecified atom stereocenters. The lowest BCUT2D eigenvalue weighted by Gasteiger charge is -2.16. The van der Waals surface area contributed by atoms with Gasteiger partial charge in [-0.05, 0) is 46.2 Å². The van der Waals surface area contributed by atoms with Crippen molar-refractivity contribution in [2.24, 2.45) is 0 Å². The topological polar surface area (TPSA) is 0 Å². The zero-order valence-corrected chi connectivity index (χ0v) is 13.3. The van der Waals surface area contributed by atoms with E-state index in [0.29, 0.717) is 0 Å². The summed E-state index contributed by atoms with van der Waals surface area (Å²) in [5.74, 6) is 0. The number of rotatable bonds is 4. The van der Waals surface area contributed by atoms with E-state index in [1.807, 2.05) is 0 Å². The minimum atomic E-state index is 1.05. The molecule has 0 fully saturated rings. The van der Waals surface area contributed by atoms with Crippen molar-refractivity contribution in [1.82, 2.24) is 0 Å². The van der Waals surface area contributed by atoms with Crippen LogP contribution in [0.2, 0.25) is 0 Å². The smallest absolute Gasteiger partial charge is 0.0149 e. The molecule has 0 amide bonds. The van der Waals surface area contributed by atoms with Crippen LogP contribution in [0.3, 0.4) is 0 Å². The van der Waals surface area contributed by atoms with E-state index in [2.05, 4.69) is 86.6 Å². The minimum Gasteiger partial charge on any atom is -0.0622 e. The summed E-state index contributed by atoms with van der Waals surface area (Å²) in [6.07, 6.45) is 2.10. The number of aryl methyl sites for hydroxylation is 2. The molecule has 0 N–H and O–H groups in total. The van der Waals surface area contributed by atoms with Crippen molar-refractivity contribution in [2.75, 3.05) is 0 Å². The molecule has 3 rings (SSSR count). The van der Waals surface area contributed by atoms with Crippen LogP contribution >= 0.6 is 0 Å². The summed E-state index contributed by atoms with van der Waals surface area (Å²) in [7, 11) is 0. The zero-order chi connectivity index (χ0) is 15.4. The van der Waals surface area contributed by atoms with Crippen molar-refractivity contribution in [2.45, 2.75) is 26.7 Å². The van der Waals surface area contributed by atoms with Gasteiger partial charge in [0.25, 0.3) is 0 Å². The van der Waals surface area contributed by atoms with Crippen LogP contribution in [0.15, 0.2) is 72.8 Å². The first-order chi connectivity index (χ1) is 10.8. The van der Waals surface area contributed by atoms with E-state index < -0.39 is 0 Å². The Morgan fingerprint density at radius 3 is 1.23 bits per heavy atom. The predicted octanol–water partition coefficient (Wildman–Crippen LogP) is 6.15. The standard InChI is InChI=1S/C22H22/c1-3-17-15-22(20-13-9-6-10-14-20)18(4-2)16-21(17)19-11-7-5-8-12-19/h5-16H,3-4H2,1-2H3. The fourth-order valence-corrected chi connectivity index (χ4v) is 3.05. The molecule has 3 aromatic carbocycles. The Balaban J connectivity index is 2.19. The van der Waals surface area contributed by atoms with E-state index in [9.17, 15) is 0 Å². The molecule has 0 aliphatic rings. The Labute approximate surface area is 133 Å². The zero-order valence-electron chi connectivity index (χ0n) is 13.3. The van der Waals surface area contributed by atoms with Gasteiger partial charge >= 0.3 is 0 Å². The Bertz CT molecular complexity index is 673. The van der Waals surface area contributed by atoms with Gasteiger partial charge in [0, 0.05) is 0 Å². The molecule has 3 aromatic rings. The van der Waals surface area contributed by atoms with Crippen LogP contribution in [0.4, 0.5) is 0 Å². The normalized spacial score (nSPS) is 10.6. The molecule has 0 spiro atoms. The van der Waals surface area contributed by atoms with Crippen molar-refractivity contribution in [3.8, 4) is 22.3 Å². The van der Waals surface area contributed by atoms with Crippen LogP contribution in [-0.2, 0) is 12.8 Å². The van der Waals surface area contributed by atoms with Crippen LogP contribution in [-0.4, -0.2) is 0 Å². The molecular weight excluding hydrogens is 264 g/mol. The highest BCUT2D eigenvalue weighted by molar-refractivity contribution is 5.76. The maximum atomic E-state index is 2.39. The number of benzene rings is 3. The lowest BCUT2D eigenvalue weighted by atomic mass is 9.89. The summed E-state index contributed by atoms with van der Waals surface area (Å²) < 4.78 is 0. The molecule has 110 valence electrons. The molecule has 0 atom stereocenters. The molecule has 0 aromatic heterocycles. The first-order valence-electron chi connectivity index (χ1n) is 8.10. The summed E-state index contributed by atoms with van der Waals surface area (Å²) in [5, 5.41) is 0. The molecule has 0 nitrogen and oxygen atoms in total. The quantitative estimate of drug-likeness (QED) is 0.540. The lowest BCUT2D eigenvalue weighted by Crippen LogP contribution is -1.95. The highest BCUT2D eigenvalue weighted by Gasteiger charge is 2.10. The molecule has 22 heavy (non-hydrogen) atoms. The van der Waals surface area contributed by atoms with Gasteiger partial charge in [-0.15, -0.1) is 0 Å². The van der Waals surface area contributed by atoms with Crippen LogP contribution in [0, 0.1) is 0 Å². The van der Waals surface area contributed by atoms with E-state index in [4.69, 9.17) is 0 Å². The van der Waals surface area contributed by atoms with Crippen LogP contribution in [0.1, 0.15) is 25.0 Å². The maximum Gasteiger partial charge on any atom is -0.0149 e. The van der Waals surface area contributed by atoms with Crippen molar-refractivity contribution in [3.63, 3.8) is 0 Å². The summed E-state index contributed by atoms with van der Waals surface area (Å²) in [6, 6.07) is 26.2. The van der Waals surface area contributed by atoms with Gasteiger partial charge in [0.2, 0.25) is 0 Å². The largest absolute Gasteiger partial charge is 0.0622 e. The Kier molecular flexibility index (Phi) is 4.39. The monoisotopic (exact) mass is 286 g/mol. The van der Waals surface area contributed by atoms with Gasteiger partial charge in [-0.2, -0.15) is 0 Å². The van der Waals surface area contributed by atoms with Gasteiger partial charge in [-0.1, -0.05) is 86.6 Å². The third-order valence-corrected chi connectivity index (χ3v) is 4.26. The second-order valence-corrected chi connectivity index (χ2v) is 5.61. The molecule has 0 saturated heterocycles. The lowest BCUT2D eigenvalue weighted by molar-refractivity contribution is 1.11. The van der Waals surface area contributed by atoms with E-state index in [1.165, 1.54) is 33.4 Å². The SMILES string of the molecule is CCc1cc(-c2ccccc2)c(CC)cc1-c1ccccc1. The van der Waals surface area contributed by atoms with Gasteiger partial charge in [0.15, 0.2) is 0 Å². The fourth-order valence-electron chi connectivity index (χ4n) is 3.05. The Hall–Kier alpha value is -2.34. The first kappa shape index (κ1) is 14.6. The fraction of sp³-hybridized carbons (Fsp3) is 0.182. The summed E-state index contributed by atoms with van der Waals surface area (Å²) in [6.45, 7) is 4.48. The van der Waals surface area contributed by atoms with Gasteiger partial charge in [0.05, 0.1) is 0 Å². The molecule has 0 saturated carbocycles. The van der Waals surface area contributed by atoms with E-state index in [0.717, 1.165) is 12.8 Å². The van der Waals surface area contributed by atoms with E-state index in [1.54, 1.807) is 0 Å². The van der Waals surface area contributed by atoms with Gasteiger partial charge < -0.3 is 0 Å². The summed E-state index contributed by atoms with van der Waals surface area (Å²) in [5.41, 5.74) is 8.21. The maximum absolute atomic E-state index is 2.39. The third kappa shape index (κ3) is 2.82. The molecule has 0 heteroatoms. The molecule has 0 heterocycles. The predicted molar refractivity (Wildman–Crippen MR) is 96.1 cm³/mol. The molecule has 0 bridgehead atoms. The van der Waals surface area contributed by atoms with Crippen LogP contribution in [0.5, 0.6) is 0 Å². The Morgan fingerprint density at radius 1 is 0.545 bits per heavy atom. The highest BCUT2D eigenvalue weighted by atomic mass is 14.1. The highest BCUT2D eigenvalue weighted by Crippen LogP contribution is 2.33. The second-order valence-electron chi connectivity index (χ2n) is 5.61. The average molecular weight is 286 g/mol. The van der Waals surface area contributed by atoms with Crippen molar-refractivity contribution >= 4 is 0 Å². The second kappa shape index (κ2) is 6.62. The number of hydrogen-bond acceptors (Lipinski definition) is 0. The minimum absolute atomic E-state index is 1.05. The molecular formula is C22H22. The van der Waals surface area contributed by atoms with Crippen molar-refractivity contribution < 1.29 is 0 Å². The Morgan fingerprint density at radius 2 is 0.909 bits per heavy atom. The summed E-state index contributed by atoms with van der Waals surface area (Å²) >= 11 is 0. The molecule has 0 aliphatic heterocycles. The van der Waals surface area contributed by atoms with E-state index >= 15 is 0 Å². The third-order valence-electron chi connectivity index (χ3n) is 4.26. The molecule has 0 radical (unpaired) electrons. The van der Waals surface area contributed by atoms with Crippen LogP contribution in [0.25, 0.3) is 22.3 Å². The van der Waals surface area contributed by atoms with Crippen molar-refractivity contribution in [3.05, 3.63) is 83.9 Å². The van der Waals surface area contributed by atoms with E-state index in [-0.39, 0.29) is 0 Å². The van der Waals surface area contributed by atoms with Gasteiger partial charge in [-0.3, -0.25) is 0 Å². The van der Waals surface area contributed by atoms with Gasteiger partial charge in [-0.25, -0.2) is 0 Å². The summed E-state index contributed by atoms with van der Waals surface area (Å²) in [4.78, 5) is 0. The van der Waals surface area contributed by atoms with Gasteiger partial charge in [0.1, 0.15) is 0 Å². The van der Waals surface area contributed by atoms with Crippen molar-refractivity contribution in [1.29, 1.82) is 0 Å². The molecule has 0 aliphatic carbocycles. The number of hydrogen-bond donors (Lipinski definition) is 0.